The minimum absolute atomic E-state index is 0.103. The molecule has 4 rings (SSSR count). The summed E-state index contributed by atoms with van der Waals surface area (Å²) in [6, 6.07) is 4.16. The van der Waals surface area contributed by atoms with Gasteiger partial charge < -0.3 is 9.64 Å². The molecule has 13 heteroatoms. The van der Waals surface area contributed by atoms with E-state index in [0.29, 0.717) is 12.0 Å². The first-order chi connectivity index (χ1) is 18.0. The minimum atomic E-state index is -3.96. The van der Waals surface area contributed by atoms with Crippen molar-refractivity contribution >= 4 is 27.4 Å². The van der Waals surface area contributed by atoms with Gasteiger partial charge in [-0.05, 0) is 50.3 Å². The van der Waals surface area contributed by atoms with Crippen molar-refractivity contribution in [2.45, 2.75) is 95.0 Å². The van der Waals surface area contributed by atoms with Crippen LogP contribution in [0.2, 0.25) is 0 Å². The minimum Gasteiger partial charge on any atom is -0.459 e. The third-order valence-electron chi connectivity index (χ3n) is 7.48. The lowest BCUT2D eigenvalue weighted by atomic mass is 9.96. The summed E-state index contributed by atoms with van der Waals surface area (Å²) in [4.78, 5) is 37.4. The second-order valence-electron chi connectivity index (χ2n) is 10.1. The van der Waals surface area contributed by atoms with Gasteiger partial charge in [0.25, 0.3) is 5.69 Å². The van der Waals surface area contributed by atoms with E-state index in [4.69, 9.17) is 4.74 Å². The molecular weight excluding hydrogens is 514 g/mol. The molecule has 12 nitrogen and oxygen atoms in total. The van der Waals surface area contributed by atoms with Gasteiger partial charge in [-0.3, -0.25) is 14.9 Å². The topological polar surface area (TPSA) is 155 Å². The molecule has 0 bridgehead atoms. The SMILES string of the molecule is CCCCc1nnn(C[C@@]2(C)[C@H](C(=O)OCc3ccc([N+](=O)[O-])cc3)N3C(=O)C[C@H]3S2(=O)=O)c1CCCC. The fraction of sp³-hybridized carbons (Fsp3) is 0.600. The number of carbonyl (C=O) groups is 2. The van der Waals surface area contributed by atoms with Gasteiger partial charge in [-0.15, -0.1) is 5.10 Å². The van der Waals surface area contributed by atoms with E-state index in [1.807, 2.05) is 0 Å². The van der Waals surface area contributed by atoms with Gasteiger partial charge in [0, 0.05) is 12.1 Å². The number of ether oxygens (including phenoxy) is 1. The molecule has 0 radical (unpaired) electrons. The third kappa shape index (κ3) is 4.79. The van der Waals surface area contributed by atoms with Crippen molar-refractivity contribution in [2.24, 2.45) is 0 Å². The van der Waals surface area contributed by atoms with Crippen LogP contribution in [0.3, 0.4) is 0 Å². The van der Waals surface area contributed by atoms with Gasteiger partial charge in [-0.25, -0.2) is 17.9 Å². The van der Waals surface area contributed by atoms with Crippen LogP contribution >= 0.6 is 0 Å². The second kappa shape index (κ2) is 10.8. The van der Waals surface area contributed by atoms with Gasteiger partial charge in [-0.1, -0.05) is 31.9 Å². The molecule has 2 aliphatic rings. The van der Waals surface area contributed by atoms with E-state index < -0.39 is 42.8 Å². The Balaban J connectivity index is 1.62. The maximum absolute atomic E-state index is 13.7. The summed E-state index contributed by atoms with van der Waals surface area (Å²) >= 11 is 0. The Morgan fingerprint density at radius 3 is 2.45 bits per heavy atom. The van der Waals surface area contributed by atoms with Crippen LogP contribution in [0, 0.1) is 10.1 Å². The molecule has 38 heavy (non-hydrogen) atoms. The molecule has 2 aliphatic heterocycles. The van der Waals surface area contributed by atoms with E-state index in [9.17, 15) is 28.1 Å². The number of nitro groups is 1. The lowest BCUT2D eigenvalue weighted by Gasteiger charge is -2.36. The molecule has 1 aromatic carbocycles. The zero-order chi connectivity index (χ0) is 27.7. The molecule has 2 aromatic rings. The first-order valence-electron chi connectivity index (χ1n) is 12.9. The Hall–Kier alpha value is -3.35. The van der Waals surface area contributed by atoms with Crippen molar-refractivity contribution in [2.75, 3.05) is 0 Å². The lowest BCUT2D eigenvalue weighted by molar-refractivity contribution is -0.384. The fourth-order valence-corrected chi connectivity index (χ4v) is 7.51. The van der Waals surface area contributed by atoms with E-state index in [-0.39, 0.29) is 25.3 Å². The lowest BCUT2D eigenvalue weighted by Crippen LogP contribution is -2.58. The smallest absolute Gasteiger partial charge is 0.330 e. The molecule has 0 unspecified atom stereocenters. The van der Waals surface area contributed by atoms with Crippen LogP contribution in [0.1, 0.15) is 69.8 Å². The highest BCUT2D eigenvalue weighted by atomic mass is 32.2. The number of esters is 1. The van der Waals surface area contributed by atoms with Crippen LogP contribution in [-0.4, -0.2) is 61.3 Å². The Morgan fingerprint density at radius 2 is 1.84 bits per heavy atom. The van der Waals surface area contributed by atoms with Gasteiger partial charge in [0.2, 0.25) is 5.91 Å². The number of hydrogen-bond acceptors (Lipinski definition) is 9. The number of non-ortho nitro benzene ring substituents is 1. The summed E-state index contributed by atoms with van der Waals surface area (Å²) in [5.74, 6) is -1.26. The Bertz CT molecular complexity index is 1320. The van der Waals surface area contributed by atoms with Crippen molar-refractivity contribution in [1.29, 1.82) is 0 Å². The predicted molar refractivity (Wildman–Crippen MR) is 137 cm³/mol. The van der Waals surface area contributed by atoms with Crippen LogP contribution in [0.4, 0.5) is 5.69 Å². The van der Waals surface area contributed by atoms with Crippen LogP contribution in [0.25, 0.3) is 0 Å². The number of fused-ring (bicyclic) bond motifs is 1. The maximum Gasteiger partial charge on any atom is 0.330 e. The molecule has 1 aromatic heterocycles. The third-order valence-corrected chi connectivity index (χ3v) is 10.2. The summed E-state index contributed by atoms with van der Waals surface area (Å²) in [7, 11) is -3.96. The molecule has 2 saturated heterocycles. The monoisotopic (exact) mass is 547 g/mol. The molecule has 2 fully saturated rings. The Morgan fingerprint density at radius 1 is 1.18 bits per heavy atom. The van der Waals surface area contributed by atoms with Gasteiger partial charge in [0.15, 0.2) is 15.9 Å². The highest BCUT2D eigenvalue weighted by Gasteiger charge is 2.70. The zero-order valence-corrected chi connectivity index (χ0v) is 22.6. The van der Waals surface area contributed by atoms with Crippen molar-refractivity contribution in [3.63, 3.8) is 0 Å². The fourth-order valence-electron chi connectivity index (χ4n) is 5.17. The average Bonchev–Trinajstić information content (AvgIpc) is 3.31. The van der Waals surface area contributed by atoms with E-state index in [1.54, 1.807) is 4.68 Å². The first kappa shape index (κ1) is 27.7. The molecule has 0 spiro atoms. The summed E-state index contributed by atoms with van der Waals surface area (Å²) in [6.45, 7) is 5.27. The highest BCUT2D eigenvalue weighted by Crippen LogP contribution is 2.47. The number of nitro benzene ring substituents is 1. The summed E-state index contributed by atoms with van der Waals surface area (Å²) in [6.07, 6.45) is 4.96. The molecule has 206 valence electrons. The molecule has 3 atom stereocenters. The molecule has 0 aliphatic carbocycles. The van der Waals surface area contributed by atoms with E-state index in [1.165, 1.54) is 31.2 Å². The molecule has 1 amide bonds. The number of carbonyl (C=O) groups excluding carboxylic acids is 2. The number of amides is 1. The molecule has 0 N–H and O–H groups in total. The molecular formula is C25H33N5O7S. The van der Waals surface area contributed by atoms with Crippen LogP contribution < -0.4 is 0 Å². The number of benzene rings is 1. The number of aryl methyl sites for hydroxylation is 1. The van der Waals surface area contributed by atoms with Gasteiger partial charge in [-0.2, -0.15) is 0 Å². The number of unbranched alkanes of at least 4 members (excludes halogenated alkanes) is 2. The normalized spacial score (nSPS) is 23.7. The van der Waals surface area contributed by atoms with E-state index in [2.05, 4.69) is 24.2 Å². The Labute approximate surface area is 221 Å². The largest absolute Gasteiger partial charge is 0.459 e. The first-order valence-corrected chi connectivity index (χ1v) is 14.5. The number of nitrogens with zero attached hydrogens (tertiary/aromatic N) is 5. The highest BCUT2D eigenvalue weighted by molar-refractivity contribution is 7.93. The quantitative estimate of drug-likeness (QED) is 0.169. The average molecular weight is 548 g/mol. The van der Waals surface area contributed by atoms with Crippen LogP contribution in [0.5, 0.6) is 0 Å². The Kier molecular flexibility index (Phi) is 7.86. The summed E-state index contributed by atoms with van der Waals surface area (Å²) in [5, 5.41) is 18.4. The van der Waals surface area contributed by atoms with Crippen molar-refractivity contribution in [1.82, 2.24) is 19.9 Å². The number of hydrogen-bond donors (Lipinski definition) is 0. The van der Waals surface area contributed by atoms with Crippen molar-refractivity contribution in [3.05, 3.63) is 51.3 Å². The zero-order valence-electron chi connectivity index (χ0n) is 21.8. The van der Waals surface area contributed by atoms with Crippen LogP contribution in [-0.2, 0) is 50.2 Å². The number of sulfone groups is 1. The standard InChI is InChI=1S/C25H33N5O7S/c1-4-6-8-19-20(9-7-5-2)28(27-26-19)16-25(3)23(29-21(31)14-22(29)38(25,35)36)24(32)37-15-17-10-12-18(13-11-17)30(33)34/h10-13,22-23H,4-9,14-16H2,1-3H3/t22-,23+,25+/m1/s1. The second-order valence-corrected chi connectivity index (χ2v) is 12.7. The van der Waals surface area contributed by atoms with Gasteiger partial charge in [0.05, 0.1) is 29.3 Å². The number of aromatic nitrogens is 3. The van der Waals surface area contributed by atoms with E-state index >= 15 is 0 Å². The molecule has 0 saturated carbocycles. The summed E-state index contributed by atoms with van der Waals surface area (Å²) in [5.41, 5.74) is 2.08. The predicted octanol–water partition coefficient (Wildman–Crippen LogP) is 2.73. The summed E-state index contributed by atoms with van der Waals surface area (Å²) < 4.78 is 32.8. The van der Waals surface area contributed by atoms with Crippen molar-refractivity contribution in [3.8, 4) is 0 Å². The van der Waals surface area contributed by atoms with E-state index in [0.717, 1.165) is 48.4 Å². The maximum atomic E-state index is 13.7. The number of rotatable bonds is 12. The molecule has 3 heterocycles. The van der Waals surface area contributed by atoms with Gasteiger partial charge in [0.1, 0.15) is 16.7 Å². The van der Waals surface area contributed by atoms with Gasteiger partial charge >= 0.3 is 5.97 Å². The van der Waals surface area contributed by atoms with Crippen molar-refractivity contribution < 1.29 is 27.7 Å². The number of β-lactam (4-membered cyclic amide) rings is 1. The van der Waals surface area contributed by atoms with Crippen LogP contribution in [0.15, 0.2) is 24.3 Å².